The number of carbonyl (C=O) groups excluding carboxylic acids is 2. The SMILES string of the molecule is C=CC(=O)N1C[C@H](C)N(c2nc(=O)n3c4c(c5c(cc24)C(=O)c2cccc(F)c2-5)OC[C@@H]3Cn2cccn2)C[C@H]1C. The topological polar surface area (TPSA) is 103 Å². The Morgan fingerprint density at radius 2 is 1.98 bits per heavy atom. The Hall–Kier alpha value is -4.80. The van der Waals surface area contributed by atoms with Crippen LogP contribution < -0.4 is 15.3 Å². The van der Waals surface area contributed by atoms with Gasteiger partial charge in [0.15, 0.2) is 11.5 Å². The molecule has 7 rings (SSSR count). The zero-order chi connectivity index (χ0) is 28.6. The van der Waals surface area contributed by atoms with E-state index in [9.17, 15) is 14.4 Å². The first-order chi connectivity index (χ1) is 19.8. The second kappa shape index (κ2) is 9.12. The van der Waals surface area contributed by atoms with Gasteiger partial charge in [-0.3, -0.25) is 18.8 Å². The molecule has 1 aliphatic carbocycles. The van der Waals surface area contributed by atoms with Crippen LogP contribution in [0.5, 0.6) is 5.75 Å². The number of anilines is 1. The van der Waals surface area contributed by atoms with Gasteiger partial charge in [-0.05, 0) is 38.1 Å². The minimum absolute atomic E-state index is 0.118. The van der Waals surface area contributed by atoms with Gasteiger partial charge in [-0.25, -0.2) is 9.18 Å². The number of hydrogen-bond acceptors (Lipinski definition) is 7. The van der Waals surface area contributed by atoms with Gasteiger partial charge in [0, 0.05) is 65.2 Å². The maximum Gasteiger partial charge on any atom is 0.350 e. The molecule has 0 saturated carbocycles. The fraction of sp³-hybridized carbons (Fsp3) is 0.300. The lowest BCUT2D eigenvalue weighted by Gasteiger charge is -2.44. The van der Waals surface area contributed by atoms with Gasteiger partial charge in [0.25, 0.3) is 0 Å². The van der Waals surface area contributed by atoms with Crippen molar-refractivity contribution >= 4 is 28.4 Å². The van der Waals surface area contributed by atoms with E-state index in [-0.39, 0.29) is 41.5 Å². The van der Waals surface area contributed by atoms with E-state index in [2.05, 4.69) is 16.7 Å². The van der Waals surface area contributed by atoms with Crippen molar-refractivity contribution in [2.45, 2.75) is 38.5 Å². The van der Waals surface area contributed by atoms with Crippen molar-refractivity contribution in [3.05, 3.63) is 82.8 Å². The van der Waals surface area contributed by atoms with Crippen LogP contribution in [0.15, 0.2) is 60.2 Å². The molecule has 0 unspecified atom stereocenters. The summed E-state index contributed by atoms with van der Waals surface area (Å²) in [7, 11) is 0. The van der Waals surface area contributed by atoms with Crippen molar-refractivity contribution in [2.75, 3.05) is 24.6 Å². The molecule has 1 amide bonds. The first kappa shape index (κ1) is 25.2. The van der Waals surface area contributed by atoms with Crippen molar-refractivity contribution in [1.82, 2.24) is 24.2 Å². The maximum atomic E-state index is 15.2. The van der Waals surface area contributed by atoms with Crippen LogP contribution in [0.25, 0.3) is 22.0 Å². The van der Waals surface area contributed by atoms with Crippen LogP contribution in [0, 0.1) is 5.82 Å². The number of halogens is 1. The summed E-state index contributed by atoms with van der Waals surface area (Å²) in [4.78, 5) is 48.2. The first-order valence-corrected chi connectivity index (χ1v) is 13.5. The molecule has 4 heterocycles. The minimum Gasteiger partial charge on any atom is -0.488 e. The van der Waals surface area contributed by atoms with Crippen molar-refractivity contribution in [3.8, 4) is 16.9 Å². The predicted octanol–water partition coefficient (Wildman–Crippen LogP) is 3.19. The van der Waals surface area contributed by atoms with Crippen LogP contribution in [0.2, 0.25) is 0 Å². The Kier molecular flexibility index (Phi) is 5.60. The van der Waals surface area contributed by atoms with Crippen LogP contribution in [0.4, 0.5) is 10.2 Å². The summed E-state index contributed by atoms with van der Waals surface area (Å²) >= 11 is 0. The molecule has 11 heteroatoms. The number of fused-ring (bicyclic) bond motifs is 4. The smallest absolute Gasteiger partial charge is 0.350 e. The van der Waals surface area contributed by atoms with E-state index in [1.165, 1.54) is 18.2 Å². The van der Waals surface area contributed by atoms with Gasteiger partial charge in [-0.15, -0.1) is 0 Å². The third-order valence-corrected chi connectivity index (χ3v) is 8.36. The number of aromatic nitrogens is 4. The number of amides is 1. The molecular weight excluding hydrogens is 527 g/mol. The van der Waals surface area contributed by atoms with Crippen LogP contribution in [-0.4, -0.2) is 67.7 Å². The molecule has 3 aliphatic rings. The molecule has 0 bridgehead atoms. The Balaban J connectivity index is 1.48. The maximum absolute atomic E-state index is 15.2. The fourth-order valence-electron chi connectivity index (χ4n) is 6.45. The van der Waals surface area contributed by atoms with Crippen molar-refractivity contribution < 1.29 is 18.7 Å². The molecule has 3 atom stereocenters. The summed E-state index contributed by atoms with van der Waals surface area (Å²) in [5, 5.41) is 4.85. The number of rotatable bonds is 4. The standard InChI is InChI=1S/C30H27FN6O4/c1-4-23(38)35-12-17(3)36(13-16(35)2)29-21-11-20-25(24-19(27(20)39)7-5-8-22(24)31)28-26(21)37(30(40)33-29)18(15-41-28)14-34-10-6-9-32-34/h4-11,16-18H,1,12-15H2,2-3H3/t16-,17+,18+/m1/s1. The third-order valence-electron chi connectivity index (χ3n) is 8.36. The third kappa shape index (κ3) is 3.64. The van der Waals surface area contributed by atoms with Crippen molar-refractivity contribution in [3.63, 3.8) is 0 Å². The molecule has 0 radical (unpaired) electrons. The highest BCUT2D eigenvalue weighted by Gasteiger charge is 2.40. The summed E-state index contributed by atoms with van der Waals surface area (Å²) in [5.74, 6) is -0.286. The van der Waals surface area contributed by atoms with Crippen LogP contribution in [0.1, 0.15) is 35.8 Å². The Morgan fingerprint density at radius 1 is 1.15 bits per heavy atom. The molecule has 2 aromatic heterocycles. The highest BCUT2D eigenvalue weighted by atomic mass is 19.1. The monoisotopic (exact) mass is 554 g/mol. The minimum atomic E-state index is -0.527. The molecule has 0 spiro atoms. The lowest BCUT2D eigenvalue weighted by molar-refractivity contribution is -0.128. The van der Waals surface area contributed by atoms with Crippen LogP contribution in [0.3, 0.4) is 0 Å². The molecule has 208 valence electrons. The average Bonchev–Trinajstić information content (AvgIpc) is 3.58. The largest absolute Gasteiger partial charge is 0.488 e. The van der Waals surface area contributed by atoms with Crippen molar-refractivity contribution in [2.24, 2.45) is 0 Å². The van der Waals surface area contributed by atoms with Gasteiger partial charge in [0.1, 0.15) is 18.2 Å². The van der Waals surface area contributed by atoms with E-state index in [4.69, 9.17) is 4.74 Å². The summed E-state index contributed by atoms with van der Waals surface area (Å²) in [6.45, 7) is 8.81. The molecule has 1 saturated heterocycles. The summed E-state index contributed by atoms with van der Waals surface area (Å²) in [5.41, 5.74) is 1.11. The number of piperazine rings is 1. The van der Waals surface area contributed by atoms with Gasteiger partial charge in [-0.1, -0.05) is 18.7 Å². The van der Waals surface area contributed by atoms with E-state index in [0.29, 0.717) is 53.2 Å². The van der Waals surface area contributed by atoms with Crippen LogP contribution in [-0.2, 0) is 11.3 Å². The summed E-state index contributed by atoms with van der Waals surface area (Å²) < 4.78 is 24.9. The summed E-state index contributed by atoms with van der Waals surface area (Å²) in [6.07, 6.45) is 4.77. The predicted molar refractivity (Wildman–Crippen MR) is 150 cm³/mol. The number of benzene rings is 2. The van der Waals surface area contributed by atoms with Gasteiger partial charge in [0.05, 0.1) is 18.1 Å². The molecule has 1 fully saturated rings. The quantitative estimate of drug-likeness (QED) is 0.315. The van der Waals surface area contributed by atoms with Gasteiger partial charge in [0.2, 0.25) is 5.91 Å². The second-order valence-electron chi connectivity index (χ2n) is 10.8. The zero-order valence-electron chi connectivity index (χ0n) is 22.6. The average molecular weight is 555 g/mol. The summed E-state index contributed by atoms with van der Waals surface area (Å²) in [6, 6.07) is 7.15. The molecule has 2 aliphatic heterocycles. The van der Waals surface area contributed by atoms with E-state index in [1.54, 1.807) is 44.7 Å². The highest BCUT2D eigenvalue weighted by molar-refractivity contribution is 6.25. The van der Waals surface area contributed by atoms with E-state index in [1.807, 2.05) is 18.7 Å². The van der Waals surface area contributed by atoms with Crippen molar-refractivity contribution in [1.29, 1.82) is 0 Å². The number of ether oxygens (including phenoxy) is 1. The lowest BCUT2D eigenvalue weighted by atomic mass is 9.98. The fourth-order valence-corrected chi connectivity index (χ4v) is 6.45. The van der Waals surface area contributed by atoms with Gasteiger partial charge >= 0.3 is 5.69 Å². The van der Waals surface area contributed by atoms with Gasteiger partial charge < -0.3 is 14.5 Å². The zero-order valence-corrected chi connectivity index (χ0v) is 22.6. The number of nitrogens with zero attached hydrogens (tertiary/aromatic N) is 6. The Bertz CT molecular complexity index is 1830. The lowest BCUT2D eigenvalue weighted by Crippen LogP contribution is -2.58. The molecule has 4 aromatic rings. The van der Waals surface area contributed by atoms with Gasteiger partial charge in [-0.2, -0.15) is 10.1 Å². The number of hydrogen-bond donors (Lipinski definition) is 0. The first-order valence-electron chi connectivity index (χ1n) is 13.5. The Morgan fingerprint density at radius 3 is 2.73 bits per heavy atom. The highest BCUT2D eigenvalue weighted by Crippen LogP contribution is 2.50. The van der Waals surface area contributed by atoms with E-state index in [0.717, 1.165) is 0 Å². The Labute approximate surface area is 234 Å². The number of carbonyl (C=O) groups is 2. The molecule has 2 aromatic carbocycles. The normalized spacial score (nSPS) is 21.0. The number of ketones is 1. The molecular formula is C30H27FN6O4. The molecule has 10 nitrogen and oxygen atoms in total. The molecule has 41 heavy (non-hydrogen) atoms. The second-order valence-corrected chi connectivity index (χ2v) is 10.8. The van der Waals surface area contributed by atoms with E-state index < -0.39 is 17.5 Å². The molecule has 0 N–H and O–H groups in total. The van der Waals surface area contributed by atoms with E-state index >= 15 is 4.39 Å². The van der Waals surface area contributed by atoms with Crippen LogP contribution >= 0.6 is 0 Å².